The molecule has 1 heterocycles. The predicted octanol–water partition coefficient (Wildman–Crippen LogP) is 2.97. The van der Waals surface area contributed by atoms with Gasteiger partial charge in [0, 0.05) is 11.9 Å². The van der Waals surface area contributed by atoms with Gasteiger partial charge in [-0.05, 0) is 34.5 Å². The molecule has 0 amide bonds. The van der Waals surface area contributed by atoms with Crippen LogP contribution in [-0.2, 0) is 4.79 Å². The zero-order chi connectivity index (χ0) is 11.4. The largest absolute Gasteiger partial charge is 0.481 e. The van der Waals surface area contributed by atoms with Crippen molar-refractivity contribution >= 4 is 33.7 Å². The van der Waals surface area contributed by atoms with Gasteiger partial charge in [0.25, 0.3) is 0 Å². The third-order valence-electron chi connectivity index (χ3n) is 1.84. The van der Waals surface area contributed by atoms with Crippen molar-refractivity contribution in [1.29, 1.82) is 0 Å². The van der Waals surface area contributed by atoms with Gasteiger partial charge in [-0.2, -0.15) is 0 Å². The third kappa shape index (κ3) is 3.83. The Morgan fingerprint density at radius 3 is 2.93 bits per heavy atom. The van der Waals surface area contributed by atoms with E-state index in [1.165, 1.54) is 11.8 Å². The molecule has 0 aliphatic carbocycles. The van der Waals surface area contributed by atoms with Gasteiger partial charge in [0.2, 0.25) is 0 Å². The Morgan fingerprint density at radius 2 is 2.40 bits per heavy atom. The van der Waals surface area contributed by atoms with Crippen molar-refractivity contribution < 1.29 is 9.90 Å². The summed E-state index contributed by atoms with van der Waals surface area (Å²) in [4.78, 5) is 14.8. The molecule has 0 bridgehead atoms. The van der Waals surface area contributed by atoms with Crippen LogP contribution in [0.4, 0.5) is 0 Å². The Labute approximate surface area is 101 Å². The highest BCUT2D eigenvalue weighted by molar-refractivity contribution is 9.10. The second kappa shape index (κ2) is 5.51. The lowest BCUT2D eigenvalue weighted by Crippen LogP contribution is -2.11. The molecule has 1 aromatic heterocycles. The fourth-order valence-electron chi connectivity index (χ4n) is 0.902. The number of nitrogens with zero attached hydrogens (tertiary/aromatic N) is 1. The Morgan fingerprint density at radius 1 is 1.73 bits per heavy atom. The van der Waals surface area contributed by atoms with Crippen LogP contribution in [0.5, 0.6) is 0 Å². The summed E-state index contributed by atoms with van der Waals surface area (Å²) in [5, 5.41) is 9.57. The van der Waals surface area contributed by atoms with Crippen LogP contribution in [0.25, 0.3) is 0 Å². The number of aliphatic carboxylic acids is 1. The molecule has 0 fully saturated rings. The first kappa shape index (κ1) is 12.5. The highest BCUT2D eigenvalue weighted by atomic mass is 79.9. The van der Waals surface area contributed by atoms with Crippen LogP contribution in [-0.4, -0.2) is 21.8 Å². The molecule has 3 nitrogen and oxygen atoms in total. The minimum Gasteiger partial charge on any atom is -0.481 e. The minimum atomic E-state index is -0.772. The normalized spacial score (nSPS) is 12.5. The minimum absolute atomic E-state index is 0.356. The van der Waals surface area contributed by atoms with Crippen molar-refractivity contribution in [2.24, 2.45) is 5.92 Å². The van der Waals surface area contributed by atoms with Gasteiger partial charge < -0.3 is 5.11 Å². The summed E-state index contributed by atoms with van der Waals surface area (Å²) in [5.41, 5.74) is 1.08. The molecule has 0 saturated heterocycles. The number of aromatic nitrogens is 1. The van der Waals surface area contributed by atoms with E-state index in [1.54, 1.807) is 13.1 Å². The van der Waals surface area contributed by atoms with Crippen LogP contribution >= 0.6 is 27.7 Å². The van der Waals surface area contributed by atoms with Crippen LogP contribution in [0.3, 0.4) is 0 Å². The number of halogens is 1. The molecule has 0 aliphatic rings. The zero-order valence-corrected chi connectivity index (χ0v) is 10.9. The number of pyridine rings is 1. The van der Waals surface area contributed by atoms with Crippen LogP contribution in [0.15, 0.2) is 21.8 Å². The first-order valence-electron chi connectivity index (χ1n) is 4.48. The zero-order valence-electron chi connectivity index (χ0n) is 8.53. The van der Waals surface area contributed by atoms with Gasteiger partial charge in [0.1, 0.15) is 5.03 Å². The van der Waals surface area contributed by atoms with Crippen molar-refractivity contribution in [3.8, 4) is 0 Å². The average Bonchev–Trinajstić information content (AvgIpc) is 2.15. The molecule has 0 saturated carbocycles. The summed E-state index contributed by atoms with van der Waals surface area (Å²) in [6, 6.07) is 1.97. The number of carbonyl (C=O) groups is 1. The van der Waals surface area contributed by atoms with E-state index in [9.17, 15) is 4.79 Å². The van der Waals surface area contributed by atoms with Gasteiger partial charge in [-0.1, -0.05) is 6.92 Å². The van der Waals surface area contributed by atoms with E-state index in [2.05, 4.69) is 20.9 Å². The van der Waals surface area contributed by atoms with E-state index in [0.717, 1.165) is 15.1 Å². The molecule has 0 spiro atoms. The smallest absolute Gasteiger partial charge is 0.307 e. The first-order chi connectivity index (χ1) is 7.00. The number of rotatable bonds is 4. The Kier molecular flexibility index (Phi) is 4.60. The fourth-order valence-corrected chi connectivity index (χ4v) is 2.58. The Hall–Kier alpha value is -0.550. The molecule has 0 radical (unpaired) electrons. The quantitative estimate of drug-likeness (QED) is 0.866. The maximum Gasteiger partial charge on any atom is 0.307 e. The SMILES string of the molecule is Cc1cnc(SCC(C)C(=O)O)c(Br)c1. The topological polar surface area (TPSA) is 50.2 Å². The molecule has 1 atom stereocenters. The molecular weight excluding hydrogens is 278 g/mol. The lowest BCUT2D eigenvalue weighted by Gasteiger charge is -2.06. The van der Waals surface area contributed by atoms with E-state index < -0.39 is 5.97 Å². The maximum absolute atomic E-state index is 10.6. The fraction of sp³-hybridized carbons (Fsp3) is 0.400. The number of carboxylic acids is 1. The molecule has 82 valence electrons. The van der Waals surface area contributed by atoms with E-state index in [0.29, 0.717) is 5.75 Å². The molecule has 15 heavy (non-hydrogen) atoms. The van der Waals surface area contributed by atoms with Gasteiger partial charge in [0.15, 0.2) is 0 Å². The average molecular weight is 290 g/mol. The highest BCUT2D eigenvalue weighted by Crippen LogP contribution is 2.27. The number of hydrogen-bond acceptors (Lipinski definition) is 3. The molecule has 0 aromatic carbocycles. The van der Waals surface area contributed by atoms with E-state index in [-0.39, 0.29) is 5.92 Å². The van der Waals surface area contributed by atoms with Gasteiger partial charge >= 0.3 is 5.97 Å². The molecular formula is C10H12BrNO2S. The molecule has 1 aromatic rings. The monoisotopic (exact) mass is 289 g/mol. The summed E-state index contributed by atoms with van der Waals surface area (Å²) in [7, 11) is 0. The Bertz CT molecular complexity index is 370. The second-order valence-electron chi connectivity index (χ2n) is 3.35. The van der Waals surface area contributed by atoms with E-state index in [4.69, 9.17) is 5.11 Å². The van der Waals surface area contributed by atoms with Gasteiger partial charge in [-0.3, -0.25) is 4.79 Å². The number of hydrogen-bond donors (Lipinski definition) is 1. The van der Waals surface area contributed by atoms with E-state index >= 15 is 0 Å². The highest BCUT2D eigenvalue weighted by Gasteiger charge is 2.12. The van der Waals surface area contributed by atoms with Crippen molar-refractivity contribution in [2.75, 3.05) is 5.75 Å². The third-order valence-corrected chi connectivity index (χ3v) is 3.97. The molecule has 1 unspecified atom stereocenters. The summed E-state index contributed by atoms with van der Waals surface area (Å²) >= 11 is 4.86. The van der Waals surface area contributed by atoms with Crippen LogP contribution in [0.1, 0.15) is 12.5 Å². The molecule has 1 rings (SSSR count). The van der Waals surface area contributed by atoms with Crippen LogP contribution < -0.4 is 0 Å². The van der Waals surface area contributed by atoms with Crippen molar-refractivity contribution in [2.45, 2.75) is 18.9 Å². The Balaban J connectivity index is 2.62. The number of carboxylic acid groups (broad SMARTS) is 1. The standard InChI is InChI=1S/C10H12BrNO2S/c1-6-3-8(11)9(12-4-6)15-5-7(2)10(13)14/h3-4,7H,5H2,1-2H3,(H,13,14). The summed E-state index contributed by atoms with van der Waals surface area (Å²) in [5.74, 6) is -0.597. The van der Waals surface area contributed by atoms with Gasteiger partial charge in [-0.15, -0.1) is 11.8 Å². The summed E-state index contributed by atoms with van der Waals surface area (Å²) < 4.78 is 0.921. The molecule has 1 N–H and O–H groups in total. The van der Waals surface area contributed by atoms with Crippen LogP contribution in [0.2, 0.25) is 0 Å². The molecule has 5 heteroatoms. The lowest BCUT2D eigenvalue weighted by molar-refractivity contribution is -0.140. The van der Waals surface area contributed by atoms with Crippen molar-refractivity contribution in [1.82, 2.24) is 4.98 Å². The van der Waals surface area contributed by atoms with Gasteiger partial charge in [0.05, 0.1) is 10.4 Å². The van der Waals surface area contributed by atoms with Crippen molar-refractivity contribution in [3.63, 3.8) is 0 Å². The number of thioether (sulfide) groups is 1. The lowest BCUT2D eigenvalue weighted by atomic mass is 10.2. The van der Waals surface area contributed by atoms with E-state index in [1.807, 2.05) is 13.0 Å². The molecule has 0 aliphatic heterocycles. The maximum atomic E-state index is 10.6. The van der Waals surface area contributed by atoms with Crippen LogP contribution in [0, 0.1) is 12.8 Å². The van der Waals surface area contributed by atoms with Crippen molar-refractivity contribution in [3.05, 3.63) is 22.3 Å². The van der Waals surface area contributed by atoms with Gasteiger partial charge in [-0.25, -0.2) is 4.98 Å². The summed E-state index contributed by atoms with van der Waals surface area (Å²) in [6.45, 7) is 3.66. The number of aryl methyl sites for hydroxylation is 1. The second-order valence-corrected chi connectivity index (χ2v) is 5.21. The first-order valence-corrected chi connectivity index (χ1v) is 6.26. The predicted molar refractivity (Wildman–Crippen MR) is 64.2 cm³/mol. The summed E-state index contributed by atoms with van der Waals surface area (Å²) in [6.07, 6.45) is 1.78.